The number of anilines is 1. The average molecular weight is 319 g/mol. The molecule has 0 radical (unpaired) electrons. The maximum absolute atomic E-state index is 12.1. The fraction of sp³-hybridized carbons (Fsp3) is 0.556. The summed E-state index contributed by atoms with van der Waals surface area (Å²) in [6.45, 7) is 7.19. The lowest BCUT2D eigenvalue weighted by molar-refractivity contribution is -0.122. The van der Waals surface area contributed by atoms with Crippen molar-refractivity contribution in [3.8, 4) is 0 Å². The van der Waals surface area contributed by atoms with Crippen LogP contribution < -0.4 is 10.6 Å². The highest BCUT2D eigenvalue weighted by molar-refractivity contribution is 5.94. The third-order valence-corrected chi connectivity index (χ3v) is 3.68. The van der Waals surface area contributed by atoms with Crippen LogP contribution in [-0.2, 0) is 9.59 Å². The average Bonchev–Trinajstić information content (AvgIpc) is 2.47. The number of unbranched alkanes of at least 4 members (excludes halogenated alkanes) is 2. The Morgan fingerprint density at radius 2 is 1.65 bits per heavy atom. The Balaban J connectivity index is 2.37. The van der Waals surface area contributed by atoms with Crippen molar-refractivity contribution >= 4 is 17.5 Å². The Hall–Kier alpha value is -1.88. The van der Waals surface area contributed by atoms with Crippen LogP contribution in [0.2, 0.25) is 0 Å². The molecule has 0 unspecified atom stereocenters. The third kappa shape index (κ3) is 7.28. The van der Waals surface area contributed by atoms with Crippen LogP contribution in [0.3, 0.4) is 0 Å². The summed E-state index contributed by atoms with van der Waals surface area (Å²) in [5.74, 6) is -0.146. The fourth-order valence-electron chi connectivity index (χ4n) is 2.40. The van der Waals surface area contributed by atoms with Crippen LogP contribution in [0.15, 0.2) is 18.2 Å². The second-order valence-electron chi connectivity index (χ2n) is 6.04. The maximum atomic E-state index is 12.1. The monoisotopic (exact) mass is 319 g/mol. The highest BCUT2D eigenvalue weighted by Gasteiger charge is 2.12. The van der Waals surface area contributed by atoms with Crippen molar-refractivity contribution in [1.29, 1.82) is 0 Å². The molecule has 0 fully saturated rings. The van der Waals surface area contributed by atoms with Crippen molar-refractivity contribution in [2.45, 2.75) is 40.0 Å². The van der Waals surface area contributed by atoms with E-state index in [0.717, 1.165) is 36.1 Å². The summed E-state index contributed by atoms with van der Waals surface area (Å²) in [5.41, 5.74) is 2.93. The summed E-state index contributed by atoms with van der Waals surface area (Å²) >= 11 is 0. The molecule has 1 rings (SSSR count). The molecular weight excluding hydrogens is 290 g/mol. The number of aryl methyl sites for hydroxylation is 2. The van der Waals surface area contributed by atoms with Crippen LogP contribution >= 0.6 is 0 Å². The van der Waals surface area contributed by atoms with Gasteiger partial charge in [0.2, 0.25) is 11.8 Å². The van der Waals surface area contributed by atoms with Gasteiger partial charge in [-0.1, -0.05) is 38.0 Å². The van der Waals surface area contributed by atoms with E-state index >= 15 is 0 Å². The van der Waals surface area contributed by atoms with Crippen LogP contribution in [0.5, 0.6) is 0 Å². The van der Waals surface area contributed by atoms with Crippen molar-refractivity contribution in [2.75, 3.05) is 32.0 Å². The molecule has 0 aliphatic heterocycles. The molecule has 0 aliphatic carbocycles. The van der Waals surface area contributed by atoms with E-state index in [0.29, 0.717) is 6.54 Å². The molecule has 0 atom stereocenters. The van der Waals surface area contributed by atoms with Crippen molar-refractivity contribution in [2.24, 2.45) is 0 Å². The van der Waals surface area contributed by atoms with Crippen molar-refractivity contribution in [3.63, 3.8) is 0 Å². The van der Waals surface area contributed by atoms with Crippen molar-refractivity contribution in [3.05, 3.63) is 29.3 Å². The smallest absolute Gasteiger partial charge is 0.238 e. The molecule has 0 spiro atoms. The van der Waals surface area contributed by atoms with Gasteiger partial charge in [-0.3, -0.25) is 14.5 Å². The number of para-hydroxylation sites is 1. The number of likely N-dealkylation sites (N-methyl/N-ethyl adjacent to an activating group) is 1. The number of hydrogen-bond acceptors (Lipinski definition) is 3. The van der Waals surface area contributed by atoms with Gasteiger partial charge < -0.3 is 10.6 Å². The van der Waals surface area contributed by atoms with Crippen LogP contribution in [-0.4, -0.2) is 43.4 Å². The molecule has 5 heteroatoms. The van der Waals surface area contributed by atoms with E-state index in [2.05, 4.69) is 17.6 Å². The Kier molecular flexibility index (Phi) is 8.33. The highest BCUT2D eigenvalue weighted by atomic mass is 16.2. The molecule has 0 aromatic heterocycles. The molecule has 2 N–H and O–H groups in total. The summed E-state index contributed by atoms with van der Waals surface area (Å²) in [6, 6.07) is 5.90. The first-order valence-electron chi connectivity index (χ1n) is 8.25. The van der Waals surface area contributed by atoms with Gasteiger partial charge in [0.15, 0.2) is 0 Å². The zero-order valence-corrected chi connectivity index (χ0v) is 14.7. The number of hydrogen-bond donors (Lipinski definition) is 2. The predicted molar refractivity (Wildman–Crippen MR) is 94.6 cm³/mol. The van der Waals surface area contributed by atoms with Crippen LogP contribution in [0.25, 0.3) is 0 Å². The summed E-state index contributed by atoms with van der Waals surface area (Å²) in [6.07, 6.45) is 3.25. The molecule has 5 nitrogen and oxygen atoms in total. The van der Waals surface area contributed by atoms with Gasteiger partial charge in [0.1, 0.15) is 0 Å². The standard InChI is InChI=1S/C18H29N3O2/c1-5-6-7-11-19-16(22)12-21(4)13-17(23)20-18-14(2)9-8-10-15(18)3/h8-10H,5-7,11-13H2,1-4H3,(H,19,22)(H,20,23). The quantitative estimate of drug-likeness (QED) is 0.687. The predicted octanol–water partition coefficient (Wildman–Crippen LogP) is 2.48. The maximum Gasteiger partial charge on any atom is 0.238 e. The Morgan fingerprint density at radius 1 is 1.04 bits per heavy atom. The summed E-state index contributed by atoms with van der Waals surface area (Å²) in [4.78, 5) is 25.6. The molecule has 1 aromatic rings. The van der Waals surface area contributed by atoms with Crippen LogP contribution in [0.4, 0.5) is 5.69 Å². The minimum atomic E-state index is -0.108. The van der Waals surface area contributed by atoms with E-state index in [1.165, 1.54) is 0 Å². The van der Waals surface area contributed by atoms with Crippen molar-refractivity contribution < 1.29 is 9.59 Å². The number of rotatable bonds is 9. The van der Waals surface area contributed by atoms with E-state index < -0.39 is 0 Å². The lowest BCUT2D eigenvalue weighted by Gasteiger charge is -2.17. The number of carbonyl (C=O) groups is 2. The van der Waals surface area contributed by atoms with Gasteiger partial charge in [0.05, 0.1) is 13.1 Å². The highest BCUT2D eigenvalue weighted by Crippen LogP contribution is 2.19. The number of nitrogens with zero attached hydrogens (tertiary/aromatic N) is 1. The van der Waals surface area contributed by atoms with Gasteiger partial charge >= 0.3 is 0 Å². The van der Waals surface area contributed by atoms with Gasteiger partial charge in [0, 0.05) is 12.2 Å². The van der Waals surface area contributed by atoms with Crippen LogP contribution in [0.1, 0.15) is 37.3 Å². The molecule has 23 heavy (non-hydrogen) atoms. The molecular formula is C18H29N3O2. The zero-order chi connectivity index (χ0) is 17.2. The number of nitrogens with one attached hydrogen (secondary N) is 2. The number of carbonyl (C=O) groups excluding carboxylic acids is 2. The third-order valence-electron chi connectivity index (χ3n) is 3.68. The first kappa shape index (κ1) is 19.2. The van der Waals surface area contributed by atoms with E-state index in [-0.39, 0.29) is 24.9 Å². The molecule has 0 aliphatic rings. The lowest BCUT2D eigenvalue weighted by Crippen LogP contribution is -2.39. The van der Waals surface area contributed by atoms with Gasteiger partial charge in [-0.25, -0.2) is 0 Å². The van der Waals surface area contributed by atoms with Gasteiger partial charge in [-0.2, -0.15) is 0 Å². The molecule has 0 heterocycles. The second-order valence-corrected chi connectivity index (χ2v) is 6.04. The molecule has 0 bridgehead atoms. The number of amides is 2. The molecule has 0 saturated carbocycles. The summed E-state index contributed by atoms with van der Waals surface area (Å²) in [5, 5.41) is 5.81. The van der Waals surface area contributed by atoms with Gasteiger partial charge in [-0.05, 0) is 38.4 Å². The molecule has 1 aromatic carbocycles. The van der Waals surface area contributed by atoms with Gasteiger partial charge in [0.25, 0.3) is 0 Å². The molecule has 0 saturated heterocycles. The fourth-order valence-corrected chi connectivity index (χ4v) is 2.40. The normalized spacial score (nSPS) is 10.7. The van der Waals surface area contributed by atoms with E-state index in [1.54, 1.807) is 11.9 Å². The topological polar surface area (TPSA) is 61.4 Å². The largest absolute Gasteiger partial charge is 0.355 e. The lowest BCUT2D eigenvalue weighted by atomic mass is 10.1. The SMILES string of the molecule is CCCCCNC(=O)CN(C)CC(=O)Nc1c(C)cccc1C. The first-order chi connectivity index (χ1) is 10.9. The van der Waals surface area contributed by atoms with Gasteiger partial charge in [-0.15, -0.1) is 0 Å². The Morgan fingerprint density at radius 3 is 2.26 bits per heavy atom. The zero-order valence-electron chi connectivity index (χ0n) is 14.7. The van der Waals surface area contributed by atoms with Crippen molar-refractivity contribution in [1.82, 2.24) is 10.2 Å². The number of benzene rings is 1. The molecule has 2 amide bonds. The summed E-state index contributed by atoms with van der Waals surface area (Å²) in [7, 11) is 1.77. The van der Waals surface area contributed by atoms with Crippen LogP contribution in [0, 0.1) is 13.8 Å². The Bertz CT molecular complexity index is 509. The minimum Gasteiger partial charge on any atom is -0.355 e. The van der Waals surface area contributed by atoms with E-state index in [1.807, 2.05) is 32.0 Å². The Labute approximate surface area is 139 Å². The van der Waals surface area contributed by atoms with E-state index in [4.69, 9.17) is 0 Å². The molecule has 128 valence electrons. The minimum absolute atomic E-state index is 0.0384. The first-order valence-corrected chi connectivity index (χ1v) is 8.25. The summed E-state index contributed by atoms with van der Waals surface area (Å²) < 4.78 is 0. The second kappa shape index (κ2) is 10.0. The van der Waals surface area contributed by atoms with E-state index in [9.17, 15) is 9.59 Å².